The highest BCUT2D eigenvalue weighted by Crippen LogP contribution is 2.19. The van der Waals surface area contributed by atoms with E-state index < -0.39 is 0 Å². The van der Waals surface area contributed by atoms with Gasteiger partial charge in [-0.25, -0.2) is 4.98 Å². The van der Waals surface area contributed by atoms with Gasteiger partial charge in [-0.2, -0.15) is 0 Å². The standard InChI is InChI=1S/C16H17ClN2O2/c1-2-3-11-21-13-8-6-12(7-9-13)16(20)19-15-14(17)5-4-10-18-15/h4-10H,2-3,11H2,1H3,(H,18,19,20). The fourth-order valence-electron chi connectivity index (χ4n) is 1.69. The van der Waals surface area contributed by atoms with E-state index in [-0.39, 0.29) is 5.91 Å². The number of hydrogen-bond donors (Lipinski definition) is 1. The van der Waals surface area contributed by atoms with E-state index in [4.69, 9.17) is 16.3 Å². The number of carbonyl (C=O) groups is 1. The van der Waals surface area contributed by atoms with Crippen LogP contribution in [-0.2, 0) is 0 Å². The number of ether oxygens (including phenoxy) is 1. The first-order chi connectivity index (χ1) is 10.2. The molecule has 1 aromatic heterocycles. The number of unbranched alkanes of at least 4 members (excludes halogenated alkanes) is 1. The number of benzene rings is 1. The monoisotopic (exact) mass is 304 g/mol. The largest absolute Gasteiger partial charge is 0.494 e. The molecular weight excluding hydrogens is 288 g/mol. The number of halogens is 1. The molecule has 0 saturated heterocycles. The fraction of sp³-hybridized carbons (Fsp3) is 0.250. The summed E-state index contributed by atoms with van der Waals surface area (Å²) >= 11 is 5.95. The summed E-state index contributed by atoms with van der Waals surface area (Å²) in [5.41, 5.74) is 0.527. The summed E-state index contributed by atoms with van der Waals surface area (Å²) in [6.45, 7) is 2.80. The summed E-state index contributed by atoms with van der Waals surface area (Å²) in [7, 11) is 0. The summed E-state index contributed by atoms with van der Waals surface area (Å²) in [6, 6.07) is 10.4. The molecule has 4 nitrogen and oxygen atoms in total. The molecule has 0 bridgehead atoms. The van der Waals surface area contributed by atoms with Crippen LogP contribution in [0.3, 0.4) is 0 Å². The van der Waals surface area contributed by atoms with Crippen LogP contribution >= 0.6 is 11.6 Å². The molecule has 5 heteroatoms. The lowest BCUT2D eigenvalue weighted by atomic mass is 10.2. The maximum absolute atomic E-state index is 12.1. The van der Waals surface area contributed by atoms with Gasteiger partial charge in [0.1, 0.15) is 5.75 Å². The van der Waals surface area contributed by atoms with Crippen LogP contribution in [0, 0.1) is 0 Å². The second kappa shape index (κ2) is 7.64. The number of carbonyl (C=O) groups excluding carboxylic acids is 1. The number of anilines is 1. The van der Waals surface area contributed by atoms with Crippen molar-refractivity contribution >= 4 is 23.3 Å². The maximum atomic E-state index is 12.1. The van der Waals surface area contributed by atoms with Crippen LogP contribution in [0.5, 0.6) is 5.75 Å². The molecule has 0 aliphatic rings. The number of rotatable bonds is 6. The SMILES string of the molecule is CCCCOc1ccc(C(=O)Nc2ncccc2Cl)cc1. The molecular formula is C16H17ClN2O2. The first-order valence-electron chi connectivity index (χ1n) is 6.85. The van der Waals surface area contributed by atoms with Crippen LogP contribution in [0.25, 0.3) is 0 Å². The van der Waals surface area contributed by atoms with Gasteiger partial charge in [0.25, 0.3) is 5.91 Å². The molecule has 1 heterocycles. The molecule has 0 saturated carbocycles. The Balaban J connectivity index is 1.98. The Bertz CT molecular complexity index is 599. The molecule has 0 fully saturated rings. The smallest absolute Gasteiger partial charge is 0.256 e. The molecule has 0 radical (unpaired) electrons. The fourth-order valence-corrected chi connectivity index (χ4v) is 1.86. The Morgan fingerprint density at radius 1 is 1.29 bits per heavy atom. The quantitative estimate of drug-likeness (QED) is 0.815. The Labute approximate surface area is 129 Å². The molecule has 2 aromatic rings. The van der Waals surface area contributed by atoms with Gasteiger partial charge < -0.3 is 10.1 Å². The lowest BCUT2D eigenvalue weighted by molar-refractivity contribution is 0.102. The minimum absolute atomic E-state index is 0.254. The molecule has 21 heavy (non-hydrogen) atoms. The minimum Gasteiger partial charge on any atom is -0.494 e. The zero-order valence-corrected chi connectivity index (χ0v) is 12.6. The second-order valence-corrected chi connectivity index (χ2v) is 4.92. The normalized spacial score (nSPS) is 10.2. The van der Waals surface area contributed by atoms with Gasteiger partial charge >= 0.3 is 0 Å². The maximum Gasteiger partial charge on any atom is 0.256 e. The molecule has 0 unspecified atom stereocenters. The van der Waals surface area contributed by atoms with Crippen LogP contribution < -0.4 is 10.1 Å². The molecule has 110 valence electrons. The predicted octanol–water partition coefficient (Wildman–Crippen LogP) is 4.17. The van der Waals surface area contributed by atoms with Crippen molar-refractivity contribution in [1.29, 1.82) is 0 Å². The van der Waals surface area contributed by atoms with Crippen LogP contribution in [0.2, 0.25) is 5.02 Å². The van der Waals surface area contributed by atoms with E-state index in [1.54, 1.807) is 42.6 Å². The topological polar surface area (TPSA) is 51.2 Å². The van der Waals surface area contributed by atoms with E-state index in [2.05, 4.69) is 17.2 Å². The van der Waals surface area contributed by atoms with Gasteiger partial charge in [-0.05, 0) is 42.8 Å². The molecule has 1 aromatic carbocycles. The molecule has 1 amide bonds. The Morgan fingerprint density at radius 2 is 2.05 bits per heavy atom. The zero-order valence-electron chi connectivity index (χ0n) is 11.8. The van der Waals surface area contributed by atoms with Gasteiger partial charge in [0.05, 0.1) is 11.6 Å². The van der Waals surface area contributed by atoms with Crippen molar-refractivity contribution in [2.75, 3.05) is 11.9 Å². The molecule has 0 aliphatic heterocycles. The van der Waals surface area contributed by atoms with Crippen molar-refractivity contribution in [1.82, 2.24) is 4.98 Å². The van der Waals surface area contributed by atoms with Crippen molar-refractivity contribution in [3.63, 3.8) is 0 Å². The van der Waals surface area contributed by atoms with Crippen LogP contribution in [0.1, 0.15) is 30.1 Å². The average Bonchev–Trinajstić information content (AvgIpc) is 2.50. The van der Waals surface area contributed by atoms with Gasteiger partial charge in [0, 0.05) is 11.8 Å². The second-order valence-electron chi connectivity index (χ2n) is 4.51. The first kappa shape index (κ1) is 15.3. The third kappa shape index (κ3) is 4.46. The highest BCUT2D eigenvalue weighted by Gasteiger charge is 2.09. The summed E-state index contributed by atoms with van der Waals surface area (Å²) in [4.78, 5) is 16.1. The summed E-state index contributed by atoms with van der Waals surface area (Å²) in [6.07, 6.45) is 3.68. The van der Waals surface area contributed by atoms with E-state index in [1.165, 1.54) is 0 Å². The van der Waals surface area contributed by atoms with Crippen molar-refractivity contribution in [3.05, 3.63) is 53.2 Å². The number of hydrogen-bond acceptors (Lipinski definition) is 3. The van der Waals surface area contributed by atoms with Crippen LogP contribution in [0.4, 0.5) is 5.82 Å². The van der Waals surface area contributed by atoms with Crippen molar-refractivity contribution in [3.8, 4) is 5.75 Å². The summed E-state index contributed by atoms with van der Waals surface area (Å²) in [5, 5.41) is 3.08. The highest BCUT2D eigenvalue weighted by atomic mass is 35.5. The van der Waals surface area contributed by atoms with Gasteiger partial charge in [0.15, 0.2) is 5.82 Å². The predicted molar refractivity (Wildman–Crippen MR) is 84.0 cm³/mol. The minimum atomic E-state index is -0.254. The molecule has 0 aliphatic carbocycles. The van der Waals surface area contributed by atoms with Gasteiger partial charge in [-0.15, -0.1) is 0 Å². The van der Waals surface area contributed by atoms with Crippen LogP contribution in [0.15, 0.2) is 42.6 Å². The molecule has 1 N–H and O–H groups in total. The number of amides is 1. The number of aromatic nitrogens is 1. The zero-order chi connectivity index (χ0) is 15.1. The van der Waals surface area contributed by atoms with E-state index in [1.807, 2.05) is 0 Å². The lowest BCUT2D eigenvalue weighted by Crippen LogP contribution is -2.13. The number of nitrogens with zero attached hydrogens (tertiary/aromatic N) is 1. The first-order valence-corrected chi connectivity index (χ1v) is 7.23. The third-order valence-corrected chi connectivity index (χ3v) is 3.18. The van der Waals surface area contributed by atoms with E-state index in [0.29, 0.717) is 23.0 Å². The third-order valence-electron chi connectivity index (χ3n) is 2.87. The Morgan fingerprint density at radius 3 is 2.71 bits per heavy atom. The number of nitrogens with one attached hydrogen (secondary N) is 1. The van der Waals surface area contributed by atoms with Gasteiger partial charge in [-0.1, -0.05) is 24.9 Å². The average molecular weight is 305 g/mol. The van der Waals surface area contributed by atoms with Crippen molar-refractivity contribution < 1.29 is 9.53 Å². The van der Waals surface area contributed by atoms with E-state index in [0.717, 1.165) is 18.6 Å². The lowest BCUT2D eigenvalue weighted by Gasteiger charge is -2.08. The Hall–Kier alpha value is -2.07. The Kier molecular flexibility index (Phi) is 5.58. The molecule has 2 rings (SSSR count). The van der Waals surface area contributed by atoms with Gasteiger partial charge in [-0.3, -0.25) is 4.79 Å². The molecule has 0 spiro atoms. The van der Waals surface area contributed by atoms with Gasteiger partial charge in [0.2, 0.25) is 0 Å². The summed E-state index contributed by atoms with van der Waals surface area (Å²) < 4.78 is 5.55. The molecule has 0 atom stereocenters. The highest BCUT2D eigenvalue weighted by molar-refractivity contribution is 6.33. The van der Waals surface area contributed by atoms with E-state index in [9.17, 15) is 4.79 Å². The van der Waals surface area contributed by atoms with Crippen molar-refractivity contribution in [2.45, 2.75) is 19.8 Å². The van der Waals surface area contributed by atoms with Crippen LogP contribution in [-0.4, -0.2) is 17.5 Å². The number of pyridine rings is 1. The van der Waals surface area contributed by atoms with E-state index >= 15 is 0 Å². The van der Waals surface area contributed by atoms with Crippen molar-refractivity contribution in [2.24, 2.45) is 0 Å². The summed E-state index contributed by atoms with van der Waals surface area (Å²) in [5.74, 6) is 0.860.